The topological polar surface area (TPSA) is 68.4 Å². The third-order valence-electron chi connectivity index (χ3n) is 2.91. The highest BCUT2D eigenvalue weighted by Gasteiger charge is 2.26. The first-order valence-electron chi connectivity index (χ1n) is 5.76. The van der Waals surface area contributed by atoms with E-state index in [1.165, 1.54) is 0 Å². The number of hydrogen-bond donors (Lipinski definition) is 0. The Balaban J connectivity index is 1.96. The molecule has 0 aliphatic carbocycles. The van der Waals surface area contributed by atoms with Gasteiger partial charge in [0.2, 0.25) is 0 Å². The van der Waals surface area contributed by atoms with Crippen molar-refractivity contribution in [1.29, 1.82) is 0 Å². The van der Waals surface area contributed by atoms with Crippen LogP contribution in [0.15, 0.2) is 12.4 Å². The van der Waals surface area contributed by atoms with E-state index in [1.54, 1.807) is 16.9 Å². The molecule has 18 heavy (non-hydrogen) atoms. The number of tetrazole rings is 1. The van der Waals surface area contributed by atoms with Crippen LogP contribution in [0.1, 0.15) is 6.92 Å². The van der Waals surface area contributed by atoms with Crippen LogP contribution in [-0.2, 0) is 4.74 Å². The Hall–Kier alpha value is -1.28. The summed E-state index contributed by atoms with van der Waals surface area (Å²) in [6, 6.07) is 0. The van der Waals surface area contributed by atoms with E-state index in [2.05, 4.69) is 48.3 Å². The van der Waals surface area contributed by atoms with Crippen molar-refractivity contribution >= 4 is 27.4 Å². The standard InChI is InChI=1S/C10H13BrN6O/c1-7-5-16(6-8(2-11)18-7)10-4-12-3-9-13-14-15-17(9)10/h3-4,7-8H,2,5-6H2,1H3. The Morgan fingerprint density at radius 2 is 2.33 bits per heavy atom. The molecule has 0 N–H and O–H groups in total. The lowest BCUT2D eigenvalue weighted by molar-refractivity contribution is -0.00236. The fourth-order valence-electron chi connectivity index (χ4n) is 2.20. The molecule has 0 spiro atoms. The van der Waals surface area contributed by atoms with Gasteiger partial charge in [-0.05, 0) is 17.4 Å². The molecule has 3 rings (SSSR count). The molecule has 1 saturated heterocycles. The summed E-state index contributed by atoms with van der Waals surface area (Å²) >= 11 is 3.47. The van der Waals surface area contributed by atoms with E-state index < -0.39 is 0 Å². The van der Waals surface area contributed by atoms with Crippen molar-refractivity contribution in [2.45, 2.75) is 19.1 Å². The van der Waals surface area contributed by atoms with Gasteiger partial charge in [0.1, 0.15) is 0 Å². The molecule has 96 valence electrons. The predicted molar refractivity (Wildman–Crippen MR) is 68.9 cm³/mol. The number of anilines is 1. The predicted octanol–water partition coefficient (Wildman–Crippen LogP) is 0.508. The molecule has 2 aromatic rings. The summed E-state index contributed by atoms with van der Waals surface area (Å²) in [5.74, 6) is 0.901. The fourth-order valence-corrected chi connectivity index (χ4v) is 2.55. The van der Waals surface area contributed by atoms with E-state index in [4.69, 9.17) is 4.74 Å². The van der Waals surface area contributed by atoms with E-state index in [0.717, 1.165) is 24.2 Å². The van der Waals surface area contributed by atoms with Gasteiger partial charge >= 0.3 is 0 Å². The third-order valence-corrected chi connectivity index (χ3v) is 3.64. The zero-order valence-corrected chi connectivity index (χ0v) is 11.5. The lowest BCUT2D eigenvalue weighted by Gasteiger charge is -2.37. The van der Waals surface area contributed by atoms with Crippen LogP contribution < -0.4 is 4.90 Å². The number of alkyl halides is 1. The molecular formula is C10H13BrN6O. The third kappa shape index (κ3) is 2.05. The first-order valence-corrected chi connectivity index (χ1v) is 6.88. The van der Waals surface area contributed by atoms with Crippen molar-refractivity contribution in [3.8, 4) is 0 Å². The maximum Gasteiger partial charge on any atom is 0.199 e. The van der Waals surface area contributed by atoms with Crippen molar-refractivity contribution in [3.63, 3.8) is 0 Å². The first kappa shape index (κ1) is 11.8. The van der Waals surface area contributed by atoms with Crippen LogP contribution in [0.3, 0.4) is 0 Å². The van der Waals surface area contributed by atoms with E-state index >= 15 is 0 Å². The quantitative estimate of drug-likeness (QED) is 0.753. The minimum absolute atomic E-state index is 0.167. The number of rotatable bonds is 2. The fraction of sp³-hybridized carbons (Fsp3) is 0.600. The number of nitrogens with zero attached hydrogens (tertiary/aromatic N) is 6. The molecule has 0 aromatic carbocycles. The summed E-state index contributed by atoms with van der Waals surface area (Å²) < 4.78 is 7.52. The summed E-state index contributed by atoms with van der Waals surface area (Å²) in [6.45, 7) is 3.68. The number of ether oxygens (including phenoxy) is 1. The van der Waals surface area contributed by atoms with Crippen molar-refractivity contribution in [2.24, 2.45) is 0 Å². The van der Waals surface area contributed by atoms with Crippen molar-refractivity contribution in [3.05, 3.63) is 12.4 Å². The summed E-state index contributed by atoms with van der Waals surface area (Å²) in [5, 5.41) is 12.4. The Bertz CT molecular complexity index is 546. The maximum atomic E-state index is 5.81. The molecular weight excluding hydrogens is 300 g/mol. The van der Waals surface area contributed by atoms with Gasteiger partial charge in [0, 0.05) is 18.4 Å². The van der Waals surface area contributed by atoms with Gasteiger partial charge < -0.3 is 9.64 Å². The molecule has 0 saturated carbocycles. The van der Waals surface area contributed by atoms with Crippen LogP contribution in [0.2, 0.25) is 0 Å². The maximum absolute atomic E-state index is 5.81. The van der Waals surface area contributed by atoms with Gasteiger partial charge in [0.15, 0.2) is 11.5 Å². The van der Waals surface area contributed by atoms with Gasteiger partial charge in [-0.3, -0.25) is 4.98 Å². The highest BCUT2D eigenvalue weighted by molar-refractivity contribution is 9.09. The Morgan fingerprint density at radius 1 is 1.44 bits per heavy atom. The summed E-state index contributed by atoms with van der Waals surface area (Å²) in [5.41, 5.74) is 0.655. The van der Waals surface area contributed by atoms with Crippen LogP contribution in [0.4, 0.5) is 5.82 Å². The molecule has 1 fully saturated rings. The summed E-state index contributed by atoms with van der Waals surface area (Å²) in [6.07, 6.45) is 3.77. The summed E-state index contributed by atoms with van der Waals surface area (Å²) in [4.78, 5) is 6.38. The van der Waals surface area contributed by atoms with Gasteiger partial charge in [-0.1, -0.05) is 15.9 Å². The van der Waals surface area contributed by atoms with Crippen LogP contribution >= 0.6 is 15.9 Å². The second-order valence-corrected chi connectivity index (χ2v) is 4.99. The average Bonchev–Trinajstić information content (AvgIpc) is 2.85. The van der Waals surface area contributed by atoms with Crippen LogP contribution in [0, 0.1) is 0 Å². The van der Waals surface area contributed by atoms with Gasteiger partial charge in [0.05, 0.1) is 24.6 Å². The van der Waals surface area contributed by atoms with Gasteiger partial charge in [-0.15, -0.1) is 5.10 Å². The van der Waals surface area contributed by atoms with Gasteiger partial charge in [-0.2, -0.15) is 4.52 Å². The molecule has 2 unspecified atom stereocenters. The van der Waals surface area contributed by atoms with Crippen molar-refractivity contribution < 1.29 is 4.74 Å². The Kier molecular flexibility index (Phi) is 3.13. The highest BCUT2D eigenvalue weighted by Crippen LogP contribution is 2.20. The lowest BCUT2D eigenvalue weighted by atomic mass is 10.2. The van der Waals surface area contributed by atoms with Crippen LogP contribution in [0.25, 0.3) is 5.65 Å². The molecule has 2 aromatic heterocycles. The number of morpholine rings is 1. The zero-order chi connectivity index (χ0) is 12.5. The Labute approximate surface area is 112 Å². The molecule has 1 aliphatic rings. The molecule has 8 heteroatoms. The highest BCUT2D eigenvalue weighted by atomic mass is 79.9. The monoisotopic (exact) mass is 312 g/mol. The van der Waals surface area contributed by atoms with Crippen LogP contribution in [-0.4, -0.2) is 55.7 Å². The minimum atomic E-state index is 0.167. The van der Waals surface area contributed by atoms with E-state index in [-0.39, 0.29) is 12.2 Å². The van der Waals surface area contributed by atoms with Gasteiger partial charge in [0.25, 0.3) is 0 Å². The van der Waals surface area contributed by atoms with E-state index in [1.807, 2.05) is 0 Å². The molecule has 7 nitrogen and oxygen atoms in total. The molecule has 0 radical (unpaired) electrons. The SMILES string of the molecule is CC1CN(c2cncc3nnnn23)CC(CBr)O1. The second kappa shape index (κ2) is 4.77. The number of aromatic nitrogens is 5. The normalized spacial score (nSPS) is 24.7. The first-order chi connectivity index (χ1) is 8.78. The van der Waals surface area contributed by atoms with Crippen molar-refractivity contribution in [2.75, 3.05) is 23.3 Å². The smallest absolute Gasteiger partial charge is 0.199 e. The molecule has 2 atom stereocenters. The molecule has 3 heterocycles. The second-order valence-electron chi connectivity index (χ2n) is 4.34. The zero-order valence-electron chi connectivity index (χ0n) is 9.90. The summed E-state index contributed by atoms with van der Waals surface area (Å²) in [7, 11) is 0. The molecule has 0 bridgehead atoms. The van der Waals surface area contributed by atoms with E-state index in [9.17, 15) is 0 Å². The average molecular weight is 313 g/mol. The van der Waals surface area contributed by atoms with Crippen LogP contribution in [0.5, 0.6) is 0 Å². The Morgan fingerprint density at radius 3 is 3.17 bits per heavy atom. The lowest BCUT2D eigenvalue weighted by Crippen LogP contribution is -2.48. The molecule has 0 amide bonds. The minimum Gasteiger partial charge on any atom is -0.371 e. The van der Waals surface area contributed by atoms with Crippen molar-refractivity contribution in [1.82, 2.24) is 25.0 Å². The largest absolute Gasteiger partial charge is 0.371 e. The number of halogens is 1. The van der Waals surface area contributed by atoms with E-state index in [0.29, 0.717) is 5.65 Å². The number of fused-ring (bicyclic) bond motifs is 1. The molecule has 1 aliphatic heterocycles. The van der Waals surface area contributed by atoms with Gasteiger partial charge in [-0.25, -0.2) is 0 Å². The number of hydrogen-bond acceptors (Lipinski definition) is 6.